The average Bonchev–Trinajstić information content (AvgIpc) is 2.68. The van der Waals surface area contributed by atoms with Crippen molar-refractivity contribution < 1.29 is 9.53 Å². The number of hydrogen-bond acceptors (Lipinski definition) is 6. The molecule has 0 spiro atoms. The predicted molar refractivity (Wildman–Crippen MR) is 108 cm³/mol. The second-order valence-electron chi connectivity index (χ2n) is 6.64. The van der Waals surface area contributed by atoms with E-state index in [9.17, 15) is 4.79 Å². The van der Waals surface area contributed by atoms with E-state index in [-0.39, 0.29) is 5.91 Å². The van der Waals surface area contributed by atoms with Crippen molar-refractivity contribution in [1.82, 2.24) is 9.97 Å². The number of carbonyl (C=O) groups is 1. The van der Waals surface area contributed by atoms with E-state index in [1.54, 1.807) is 0 Å². The molecule has 1 aromatic heterocycles. The first-order chi connectivity index (χ1) is 13.1. The van der Waals surface area contributed by atoms with E-state index in [0.29, 0.717) is 12.4 Å². The Kier molecular flexibility index (Phi) is 6.59. The van der Waals surface area contributed by atoms with Crippen LogP contribution < -0.4 is 15.5 Å². The number of carbonyl (C=O) groups excluding carboxylic acids is 1. The molecule has 1 amide bonds. The third-order valence-corrected chi connectivity index (χ3v) is 4.36. The lowest BCUT2D eigenvalue weighted by atomic mass is 10.2. The molecule has 0 atom stereocenters. The zero-order valence-corrected chi connectivity index (χ0v) is 16.0. The van der Waals surface area contributed by atoms with E-state index in [2.05, 4.69) is 32.4 Å². The first-order valence-corrected chi connectivity index (χ1v) is 9.49. The van der Waals surface area contributed by atoms with Gasteiger partial charge in [0, 0.05) is 42.6 Å². The fourth-order valence-corrected chi connectivity index (χ4v) is 2.89. The lowest BCUT2D eigenvalue weighted by Gasteiger charge is -2.28. The van der Waals surface area contributed by atoms with Crippen molar-refractivity contribution >= 4 is 29.0 Å². The fraction of sp³-hybridized carbons (Fsp3) is 0.450. The van der Waals surface area contributed by atoms with Crippen molar-refractivity contribution in [2.45, 2.75) is 33.1 Å². The second-order valence-corrected chi connectivity index (χ2v) is 6.64. The van der Waals surface area contributed by atoms with E-state index in [1.165, 1.54) is 0 Å². The van der Waals surface area contributed by atoms with Gasteiger partial charge in [0.05, 0.1) is 13.2 Å². The zero-order chi connectivity index (χ0) is 19.1. The number of aryl methyl sites for hydroxylation is 1. The van der Waals surface area contributed by atoms with Crippen LogP contribution in [0.2, 0.25) is 0 Å². The Morgan fingerprint density at radius 1 is 1.15 bits per heavy atom. The monoisotopic (exact) mass is 369 g/mol. The molecule has 0 saturated carbocycles. The summed E-state index contributed by atoms with van der Waals surface area (Å²) in [4.78, 5) is 23.1. The highest BCUT2D eigenvalue weighted by atomic mass is 16.5. The summed E-state index contributed by atoms with van der Waals surface area (Å²) in [5.41, 5.74) is 2.58. The number of anilines is 4. The van der Waals surface area contributed by atoms with Gasteiger partial charge in [0.15, 0.2) is 0 Å². The number of morpholine rings is 1. The van der Waals surface area contributed by atoms with E-state index in [1.807, 2.05) is 37.3 Å². The van der Waals surface area contributed by atoms with Gasteiger partial charge in [0.2, 0.25) is 11.9 Å². The largest absolute Gasteiger partial charge is 0.378 e. The summed E-state index contributed by atoms with van der Waals surface area (Å²) in [5, 5.41) is 6.16. The lowest BCUT2D eigenvalue weighted by Crippen LogP contribution is -2.36. The maximum absolute atomic E-state index is 11.8. The lowest BCUT2D eigenvalue weighted by molar-refractivity contribution is -0.116. The van der Waals surface area contributed by atoms with Crippen LogP contribution in [-0.2, 0) is 9.53 Å². The minimum absolute atomic E-state index is 0.0507. The van der Waals surface area contributed by atoms with Crippen molar-refractivity contribution in [3.63, 3.8) is 0 Å². The number of benzene rings is 1. The quantitative estimate of drug-likeness (QED) is 0.778. The first-order valence-electron chi connectivity index (χ1n) is 9.49. The van der Waals surface area contributed by atoms with Crippen LogP contribution in [0.3, 0.4) is 0 Å². The van der Waals surface area contributed by atoms with Gasteiger partial charge in [-0.3, -0.25) is 4.79 Å². The summed E-state index contributed by atoms with van der Waals surface area (Å²) >= 11 is 0. The first kappa shape index (κ1) is 19.1. The highest BCUT2D eigenvalue weighted by molar-refractivity contribution is 5.90. The van der Waals surface area contributed by atoms with Crippen LogP contribution in [-0.4, -0.2) is 42.2 Å². The standard InChI is InChI=1S/C20H27N5O2/c1-3-4-5-19(26)22-16-6-8-17(9-7-16)23-20-21-15(2)14-18(24-20)25-10-12-27-13-11-25/h6-9,14H,3-5,10-13H2,1-2H3,(H,22,26)(H,21,23,24). The van der Waals surface area contributed by atoms with Gasteiger partial charge < -0.3 is 20.3 Å². The maximum atomic E-state index is 11.8. The van der Waals surface area contributed by atoms with Gasteiger partial charge in [-0.2, -0.15) is 4.98 Å². The average molecular weight is 369 g/mol. The molecule has 2 heterocycles. The predicted octanol–water partition coefficient (Wildman–Crippen LogP) is 3.49. The maximum Gasteiger partial charge on any atom is 0.229 e. The van der Waals surface area contributed by atoms with Crippen LogP contribution in [0.1, 0.15) is 31.9 Å². The Labute approximate surface area is 160 Å². The Bertz CT molecular complexity index is 757. The molecule has 0 aliphatic carbocycles. The minimum atomic E-state index is 0.0507. The van der Waals surface area contributed by atoms with E-state index >= 15 is 0 Å². The Morgan fingerprint density at radius 2 is 1.85 bits per heavy atom. The van der Waals surface area contributed by atoms with Crippen molar-refractivity contribution in [3.8, 4) is 0 Å². The van der Waals surface area contributed by atoms with Crippen molar-refractivity contribution in [2.75, 3.05) is 41.8 Å². The summed E-state index contributed by atoms with van der Waals surface area (Å²) in [6, 6.07) is 9.58. The molecular weight excluding hydrogens is 342 g/mol. The fourth-order valence-electron chi connectivity index (χ4n) is 2.89. The number of ether oxygens (including phenoxy) is 1. The zero-order valence-electron chi connectivity index (χ0n) is 16.0. The molecule has 0 radical (unpaired) electrons. The van der Waals surface area contributed by atoms with E-state index in [0.717, 1.165) is 62.0 Å². The highest BCUT2D eigenvalue weighted by Crippen LogP contribution is 2.20. The topological polar surface area (TPSA) is 79.4 Å². The number of aromatic nitrogens is 2. The molecule has 0 unspecified atom stereocenters. The van der Waals surface area contributed by atoms with Crippen molar-refractivity contribution in [1.29, 1.82) is 0 Å². The molecule has 1 fully saturated rings. The van der Waals surface area contributed by atoms with Crippen LogP contribution in [0.25, 0.3) is 0 Å². The van der Waals surface area contributed by atoms with Crippen LogP contribution in [0.5, 0.6) is 0 Å². The van der Waals surface area contributed by atoms with Crippen LogP contribution >= 0.6 is 0 Å². The molecule has 1 aromatic carbocycles. The summed E-state index contributed by atoms with van der Waals surface area (Å²) in [6.07, 6.45) is 2.47. The minimum Gasteiger partial charge on any atom is -0.378 e. The molecule has 1 aliphatic rings. The number of unbranched alkanes of at least 4 members (excludes halogenated alkanes) is 1. The van der Waals surface area contributed by atoms with Gasteiger partial charge in [-0.25, -0.2) is 4.98 Å². The summed E-state index contributed by atoms with van der Waals surface area (Å²) in [7, 11) is 0. The number of hydrogen-bond donors (Lipinski definition) is 2. The van der Waals surface area contributed by atoms with Crippen molar-refractivity contribution in [3.05, 3.63) is 36.0 Å². The highest BCUT2D eigenvalue weighted by Gasteiger charge is 2.14. The van der Waals surface area contributed by atoms with Crippen LogP contribution in [0.15, 0.2) is 30.3 Å². The normalized spacial score (nSPS) is 14.1. The number of rotatable bonds is 7. The van der Waals surface area contributed by atoms with Crippen LogP contribution in [0.4, 0.5) is 23.1 Å². The van der Waals surface area contributed by atoms with Gasteiger partial charge in [0.25, 0.3) is 0 Å². The Morgan fingerprint density at radius 3 is 2.56 bits per heavy atom. The van der Waals surface area contributed by atoms with Crippen LogP contribution in [0, 0.1) is 6.92 Å². The SMILES string of the molecule is CCCCC(=O)Nc1ccc(Nc2nc(C)cc(N3CCOCC3)n2)cc1. The molecule has 3 rings (SSSR count). The molecule has 27 heavy (non-hydrogen) atoms. The molecule has 1 saturated heterocycles. The molecule has 7 heteroatoms. The molecule has 0 bridgehead atoms. The number of nitrogens with zero attached hydrogens (tertiary/aromatic N) is 3. The number of amides is 1. The summed E-state index contributed by atoms with van der Waals surface area (Å²) < 4.78 is 5.41. The van der Waals surface area contributed by atoms with Gasteiger partial charge in [-0.1, -0.05) is 13.3 Å². The molecular formula is C20H27N5O2. The van der Waals surface area contributed by atoms with Crippen molar-refractivity contribution in [2.24, 2.45) is 0 Å². The van der Waals surface area contributed by atoms with E-state index in [4.69, 9.17) is 4.74 Å². The second kappa shape index (κ2) is 9.32. The molecule has 2 N–H and O–H groups in total. The molecule has 7 nitrogen and oxygen atoms in total. The third kappa shape index (κ3) is 5.65. The molecule has 2 aromatic rings. The Hall–Kier alpha value is -2.67. The van der Waals surface area contributed by atoms with Gasteiger partial charge >= 0.3 is 0 Å². The smallest absolute Gasteiger partial charge is 0.229 e. The van der Waals surface area contributed by atoms with Gasteiger partial charge in [-0.15, -0.1) is 0 Å². The molecule has 1 aliphatic heterocycles. The third-order valence-electron chi connectivity index (χ3n) is 4.36. The number of nitrogens with one attached hydrogen (secondary N) is 2. The summed E-state index contributed by atoms with van der Waals surface area (Å²) in [6.45, 7) is 7.15. The Balaban J connectivity index is 1.64. The van der Waals surface area contributed by atoms with Gasteiger partial charge in [-0.05, 0) is 37.6 Å². The van der Waals surface area contributed by atoms with E-state index < -0.39 is 0 Å². The molecule has 144 valence electrons. The summed E-state index contributed by atoms with van der Waals surface area (Å²) in [5.74, 6) is 1.53. The van der Waals surface area contributed by atoms with Gasteiger partial charge in [0.1, 0.15) is 5.82 Å².